The van der Waals surface area contributed by atoms with E-state index in [1.807, 2.05) is 0 Å². The van der Waals surface area contributed by atoms with Crippen LogP contribution in [0.2, 0.25) is 0 Å². The number of carbonyl (C=O) groups is 1. The number of hydrogen-bond acceptors (Lipinski definition) is 6. The topological polar surface area (TPSA) is 102 Å². The van der Waals surface area contributed by atoms with E-state index < -0.39 is 5.97 Å². The molecule has 0 fully saturated rings. The van der Waals surface area contributed by atoms with Crippen LogP contribution in [0.15, 0.2) is 23.1 Å². The first-order valence-corrected chi connectivity index (χ1v) is 5.06. The molecule has 7 nitrogen and oxygen atoms in total. The molecule has 0 bridgehead atoms. The van der Waals surface area contributed by atoms with Gasteiger partial charge in [-0.1, -0.05) is 5.16 Å². The van der Waals surface area contributed by atoms with Gasteiger partial charge in [0.25, 0.3) is 0 Å². The van der Waals surface area contributed by atoms with E-state index in [0.29, 0.717) is 30.3 Å². The number of aliphatic carboxylic acids is 1. The molecule has 88 valence electrons. The van der Waals surface area contributed by atoms with Crippen LogP contribution in [-0.4, -0.2) is 31.2 Å². The molecule has 0 atom stereocenters. The lowest BCUT2D eigenvalue weighted by Crippen LogP contribution is -1.96. The summed E-state index contributed by atoms with van der Waals surface area (Å²) in [7, 11) is 0. The monoisotopic (exact) mass is 234 g/mol. The summed E-state index contributed by atoms with van der Waals surface area (Å²) in [5, 5.41) is 12.2. The minimum atomic E-state index is -0.835. The molecule has 2 rings (SSSR count). The maximum Gasteiger partial charge on any atom is 0.303 e. The third-order valence-corrected chi connectivity index (χ3v) is 2.04. The lowest BCUT2D eigenvalue weighted by Gasteiger charge is -1.91. The zero-order valence-electron chi connectivity index (χ0n) is 8.91. The van der Waals surface area contributed by atoms with Crippen molar-refractivity contribution in [2.75, 3.05) is 0 Å². The predicted octanol–water partition coefficient (Wildman–Crippen LogP) is 0.934. The lowest BCUT2D eigenvalue weighted by molar-refractivity contribution is -0.137. The zero-order valence-corrected chi connectivity index (χ0v) is 8.91. The minimum absolute atomic E-state index is 0.0862. The molecule has 0 unspecified atom stereocenters. The quantitative estimate of drug-likeness (QED) is 0.820. The molecule has 2 heterocycles. The normalized spacial score (nSPS) is 10.4. The summed E-state index contributed by atoms with van der Waals surface area (Å²) in [6.07, 6.45) is 5.62. The Morgan fingerprint density at radius 1 is 1.41 bits per heavy atom. The number of carboxylic acid groups (broad SMARTS) is 1. The first-order chi connectivity index (χ1) is 8.25. The van der Waals surface area contributed by atoms with E-state index in [-0.39, 0.29) is 6.42 Å². The molecular weight excluding hydrogens is 224 g/mol. The third kappa shape index (κ3) is 3.07. The van der Waals surface area contributed by atoms with Crippen molar-refractivity contribution >= 4 is 5.97 Å². The smallest absolute Gasteiger partial charge is 0.303 e. The summed E-state index contributed by atoms with van der Waals surface area (Å²) in [4.78, 5) is 22.4. The van der Waals surface area contributed by atoms with E-state index in [2.05, 4.69) is 20.1 Å². The molecule has 0 aliphatic rings. The van der Waals surface area contributed by atoms with Crippen molar-refractivity contribution in [3.63, 3.8) is 0 Å². The summed E-state index contributed by atoms with van der Waals surface area (Å²) in [5.41, 5.74) is 0.528. The molecule has 2 aromatic rings. The van der Waals surface area contributed by atoms with Gasteiger partial charge in [0, 0.05) is 25.2 Å². The van der Waals surface area contributed by atoms with E-state index in [0.717, 1.165) is 0 Å². The Morgan fingerprint density at radius 3 is 3.00 bits per heavy atom. The van der Waals surface area contributed by atoms with Gasteiger partial charge in [0.2, 0.25) is 11.7 Å². The molecule has 0 saturated carbocycles. The number of aryl methyl sites for hydroxylation is 1. The molecule has 0 aromatic carbocycles. The number of carboxylic acids is 1. The second-order valence-corrected chi connectivity index (χ2v) is 3.35. The van der Waals surface area contributed by atoms with Gasteiger partial charge in [-0.3, -0.25) is 9.78 Å². The van der Waals surface area contributed by atoms with Crippen LogP contribution >= 0.6 is 0 Å². The molecule has 0 radical (unpaired) electrons. The maximum atomic E-state index is 10.3. The van der Waals surface area contributed by atoms with Crippen LogP contribution in [0, 0.1) is 0 Å². The van der Waals surface area contributed by atoms with Crippen molar-refractivity contribution in [2.45, 2.75) is 19.3 Å². The first-order valence-electron chi connectivity index (χ1n) is 5.06. The molecule has 7 heteroatoms. The van der Waals surface area contributed by atoms with Crippen molar-refractivity contribution in [1.82, 2.24) is 20.1 Å². The largest absolute Gasteiger partial charge is 0.481 e. The van der Waals surface area contributed by atoms with Gasteiger partial charge >= 0.3 is 5.97 Å². The minimum Gasteiger partial charge on any atom is -0.481 e. The van der Waals surface area contributed by atoms with Gasteiger partial charge in [0.15, 0.2) is 0 Å². The van der Waals surface area contributed by atoms with Gasteiger partial charge in [0.05, 0.1) is 6.20 Å². The Morgan fingerprint density at radius 2 is 2.29 bits per heavy atom. The fourth-order valence-electron chi connectivity index (χ4n) is 1.27. The number of hydrogen-bond donors (Lipinski definition) is 1. The van der Waals surface area contributed by atoms with E-state index in [9.17, 15) is 4.79 Å². The van der Waals surface area contributed by atoms with Gasteiger partial charge in [-0.05, 0) is 6.42 Å². The summed E-state index contributed by atoms with van der Waals surface area (Å²) in [6, 6.07) is 0. The molecule has 0 spiro atoms. The van der Waals surface area contributed by atoms with Crippen molar-refractivity contribution in [3.8, 4) is 11.5 Å². The van der Waals surface area contributed by atoms with Crippen LogP contribution in [0.5, 0.6) is 0 Å². The summed E-state index contributed by atoms with van der Waals surface area (Å²) in [6.45, 7) is 0. The predicted molar refractivity (Wildman–Crippen MR) is 55.9 cm³/mol. The van der Waals surface area contributed by atoms with Crippen molar-refractivity contribution in [3.05, 3.63) is 24.5 Å². The van der Waals surface area contributed by atoms with Gasteiger partial charge in [-0.25, -0.2) is 4.98 Å². The molecular formula is C10H10N4O3. The Hall–Kier alpha value is -2.31. The van der Waals surface area contributed by atoms with Gasteiger partial charge in [-0.15, -0.1) is 0 Å². The van der Waals surface area contributed by atoms with Crippen LogP contribution in [0.1, 0.15) is 18.7 Å². The van der Waals surface area contributed by atoms with Gasteiger partial charge < -0.3 is 9.63 Å². The fourth-order valence-corrected chi connectivity index (χ4v) is 1.27. The van der Waals surface area contributed by atoms with Crippen molar-refractivity contribution in [2.24, 2.45) is 0 Å². The molecule has 0 amide bonds. The highest BCUT2D eigenvalue weighted by Gasteiger charge is 2.09. The van der Waals surface area contributed by atoms with Gasteiger partial charge in [0.1, 0.15) is 5.69 Å². The lowest BCUT2D eigenvalue weighted by atomic mass is 10.2. The van der Waals surface area contributed by atoms with Crippen molar-refractivity contribution in [1.29, 1.82) is 0 Å². The zero-order chi connectivity index (χ0) is 12.1. The average molecular weight is 234 g/mol. The fraction of sp³-hybridized carbons (Fsp3) is 0.300. The Kier molecular flexibility index (Phi) is 3.39. The van der Waals surface area contributed by atoms with Crippen LogP contribution in [-0.2, 0) is 11.2 Å². The summed E-state index contributed by atoms with van der Waals surface area (Å²) >= 11 is 0. The van der Waals surface area contributed by atoms with Crippen molar-refractivity contribution < 1.29 is 14.4 Å². The highest BCUT2D eigenvalue weighted by Crippen LogP contribution is 2.12. The molecule has 1 N–H and O–H groups in total. The van der Waals surface area contributed by atoms with E-state index in [1.54, 1.807) is 6.20 Å². The molecule has 0 aliphatic heterocycles. The van der Waals surface area contributed by atoms with E-state index in [1.165, 1.54) is 12.4 Å². The summed E-state index contributed by atoms with van der Waals surface area (Å²) < 4.78 is 4.98. The highest BCUT2D eigenvalue weighted by molar-refractivity contribution is 5.66. The molecule has 0 saturated heterocycles. The Bertz CT molecular complexity index is 497. The Balaban J connectivity index is 1.99. The standard InChI is InChI=1S/C10H10N4O3/c15-9(16)3-1-2-8-13-10(14-17-8)7-6-11-4-5-12-7/h4-6H,1-3H2,(H,15,16). The van der Waals surface area contributed by atoms with Gasteiger partial charge in [-0.2, -0.15) is 4.98 Å². The Labute approximate surface area is 96.5 Å². The van der Waals surface area contributed by atoms with Crippen LogP contribution in [0.4, 0.5) is 0 Å². The average Bonchev–Trinajstić information content (AvgIpc) is 2.78. The highest BCUT2D eigenvalue weighted by atomic mass is 16.5. The molecule has 0 aliphatic carbocycles. The van der Waals surface area contributed by atoms with Crippen LogP contribution in [0.3, 0.4) is 0 Å². The second kappa shape index (κ2) is 5.15. The number of nitrogens with zero attached hydrogens (tertiary/aromatic N) is 4. The van der Waals surface area contributed by atoms with Crippen LogP contribution in [0.25, 0.3) is 11.5 Å². The number of aromatic nitrogens is 4. The third-order valence-electron chi connectivity index (χ3n) is 2.04. The first kappa shape index (κ1) is 11.2. The second-order valence-electron chi connectivity index (χ2n) is 3.35. The molecule has 2 aromatic heterocycles. The van der Waals surface area contributed by atoms with Crippen LogP contribution < -0.4 is 0 Å². The van der Waals surface area contributed by atoms with E-state index >= 15 is 0 Å². The SMILES string of the molecule is O=C(O)CCCc1nc(-c2cnccn2)no1. The van der Waals surface area contributed by atoms with E-state index in [4.69, 9.17) is 9.63 Å². The number of rotatable bonds is 5. The summed E-state index contributed by atoms with van der Waals surface area (Å²) in [5.74, 6) is -0.0611. The maximum absolute atomic E-state index is 10.3. The molecule has 17 heavy (non-hydrogen) atoms.